The number of hydrogen-bond donors (Lipinski definition) is 0. The number of carbonyl (C=O) groups is 1. The number of amides is 1. The summed E-state index contributed by atoms with van der Waals surface area (Å²) in [6.45, 7) is 2.21. The van der Waals surface area contributed by atoms with Gasteiger partial charge in [0.2, 0.25) is 0 Å². The average molecular weight is 403 g/mol. The van der Waals surface area contributed by atoms with Crippen molar-refractivity contribution in [3.8, 4) is 5.69 Å². The summed E-state index contributed by atoms with van der Waals surface area (Å²) in [6, 6.07) is 17.1. The third-order valence-electron chi connectivity index (χ3n) is 6.98. The van der Waals surface area contributed by atoms with Crippen LogP contribution >= 0.6 is 0 Å². The predicted molar refractivity (Wildman–Crippen MR) is 120 cm³/mol. The average Bonchev–Trinajstić information content (AvgIpc) is 3.49. The smallest absolute Gasteiger partial charge is 0.253 e. The molecule has 2 aromatic carbocycles. The van der Waals surface area contributed by atoms with Gasteiger partial charge in [-0.2, -0.15) is 0 Å². The maximum absolute atomic E-state index is 13.2. The van der Waals surface area contributed by atoms with Crippen molar-refractivity contribution in [1.82, 2.24) is 19.4 Å². The number of piperidine rings is 1. The minimum absolute atomic E-state index is 0.121. The fraction of sp³-hybridized carbons (Fsp3) is 0.440. The number of para-hydroxylation sites is 2. The lowest BCUT2D eigenvalue weighted by molar-refractivity contribution is 0.0552. The lowest BCUT2D eigenvalue weighted by atomic mass is 10.0. The van der Waals surface area contributed by atoms with Gasteiger partial charge in [-0.3, -0.25) is 14.3 Å². The number of imidazole rings is 1. The second kappa shape index (κ2) is 8.23. The molecule has 5 heteroatoms. The van der Waals surface area contributed by atoms with Crippen LogP contribution in [0.3, 0.4) is 0 Å². The van der Waals surface area contributed by atoms with E-state index in [1.54, 1.807) is 0 Å². The zero-order valence-corrected chi connectivity index (χ0v) is 17.7. The highest BCUT2D eigenvalue weighted by molar-refractivity contribution is 5.94. The van der Waals surface area contributed by atoms with Gasteiger partial charge in [-0.1, -0.05) is 25.0 Å². The summed E-state index contributed by atoms with van der Waals surface area (Å²) in [7, 11) is 1.97. The monoisotopic (exact) mass is 402 g/mol. The molecule has 0 N–H and O–H groups in total. The van der Waals surface area contributed by atoms with Crippen LogP contribution in [0, 0.1) is 0 Å². The van der Waals surface area contributed by atoms with E-state index in [4.69, 9.17) is 0 Å². The molecule has 156 valence electrons. The van der Waals surface area contributed by atoms with E-state index >= 15 is 0 Å². The number of rotatable bonds is 4. The summed E-state index contributed by atoms with van der Waals surface area (Å²) in [5.41, 5.74) is 3.82. The van der Waals surface area contributed by atoms with Crippen LogP contribution in [-0.2, 0) is 0 Å². The summed E-state index contributed by atoms with van der Waals surface area (Å²) in [6.07, 6.45) is 9.51. The molecule has 0 radical (unpaired) electrons. The first-order valence-electron chi connectivity index (χ1n) is 11.2. The maximum Gasteiger partial charge on any atom is 0.253 e. The molecule has 1 saturated heterocycles. The highest BCUT2D eigenvalue weighted by atomic mass is 16.2. The fourth-order valence-corrected chi connectivity index (χ4v) is 5.20. The molecule has 1 saturated carbocycles. The number of likely N-dealkylation sites (N-methyl/N-ethyl adjacent to an activating group) is 1. The van der Waals surface area contributed by atoms with Crippen LogP contribution in [-0.4, -0.2) is 57.5 Å². The Hall–Kier alpha value is -2.66. The molecule has 3 aromatic rings. The molecule has 1 aliphatic heterocycles. The molecule has 1 aromatic heterocycles. The van der Waals surface area contributed by atoms with E-state index in [-0.39, 0.29) is 5.91 Å². The predicted octanol–water partition coefficient (Wildman–Crippen LogP) is 4.50. The van der Waals surface area contributed by atoms with Crippen molar-refractivity contribution in [3.05, 3.63) is 60.4 Å². The first-order valence-corrected chi connectivity index (χ1v) is 11.2. The van der Waals surface area contributed by atoms with Crippen LogP contribution in [0.2, 0.25) is 0 Å². The van der Waals surface area contributed by atoms with Crippen molar-refractivity contribution >= 4 is 16.9 Å². The lowest BCUT2D eigenvalue weighted by Crippen LogP contribution is -2.51. The molecule has 2 heterocycles. The molecule has 5 rings (SSSR count). The Morgan fingerprint density at radius 2 is 1.77 bits per heavy atom. The van der Waals surface area contributed by atoms with Crippen molar-refractivity contribution < 1.29 is 4.79 Å². The van der Waals surface area contributed by atoms with Gasteiger partial charge in [0.1, 0.15) is 6.33 Å². The van der Waals surface area contributed by atoms with E-state index in [2.05, 4.69) is 20.5 Å². The Bertz CT molecular complexity index is 1020. The van der Waals surface area contributed by atoms with Crippen LogP contribution in [0.5, 0.6) is 0 Å². The topological polar surface area (TPSA) is 41.4 Å². The third kappa shape index (κ3) is 3.63. The zero-order valence-electron chi connectivity index (χ0n) is 17.7. The number of hydrogen-bond acceptors (Lipinski definition) is 3. The molecule has 1 aliphatic carbocycles. The largest absolute Gasteiger partial charge is 0.337 e. The molecule has 30 heavy (non-hydrogen) atoms. The van der Waals surface area contributed by atoms with Crippen molar-refractivity contribution in [2.24, 2.45) is 0 Å². The summed E-state index contributed by atoms with van der Waals surface area (Å²) in [5.74, 6) is 0.121. The molecule has 2 aliphatic rings. The van der Waals surface area contributed by atoms with Gasteiger partial charge in [0.25, 0.3) is 5.91 Å². The Balaban J connectivity index is 1.30. The Morgan fingerprint density at radius 3 is 2.57 bits per heavy atom. The van der Waals surface area contributed by atoms with Gasteiger partial charge >= 0.3 is 0 Å². The maximum atomic E-state index is 13.2. The minimum Gasteiger partial charge on any atom is -0.337 e. The number of aromatic nitrogens is 2. The van der Waals surface area contributed by atoms with E-state index in [9.17, 15) is 4.79 Å². The highest BCUT2D eigenvalue weighted by Crippen LogP contribution is 2.28. The lowest BCUT2D eigenvalue weighted by Gasteiger charge is -2.40. The third-order valence-corrected chi connectivity index (χ3v) is 6.98. The normalized spacial score (nSPS) is 20.6. The molecular formula is C25H30N4O. The van der Waals surface area contributed by atoms with E-state index in [0.717, 1.165) is 41.3 Å². The summed E-state index contributed by atoms with van der Waals surface area (Å²) < 4.78 is 2.06. The Kier molecular flexibility index (Phi) is 5.30. The van der Waals surface area contributed by atoms with Gasteiger partial charge in [-0.15, -0.1) is 0 Å². The van der Waals surface area contributed by atoms with E-state index in [0.29, 0.717) is 6.04 Å². The SMILES string of the molecule is CN(C(=O)c1ccc(-n2cnc3ccccc32)cc1)C1CCCN(C2CCCC2)C1. The molecule has 5 nitrogen and oxygen atoms in total. The van der Waals surface area contributed by atoms with Crippen molar-refractivity contribution in [2.45, 2.75) is 50.6 Å². The van der Waals surface area contributed by atoms with Crippen molar-refractivity contribution in [2.75, 3.05) is 20.1 Å². The number of benzene rings is 2. The standard InChI is InChI=1S/C25H30N4O/c1-27(22-9-6-16-28(17-22)20-7-2-3-8-20)25(30)19-12-14-21(15-13-19)29-18-26-23-10-4-5-11-24(23)29/h4-5,10-15,18,20,22H,2-3,6-9,16-17H2,1H3. The number of nitrogens with zero attached hydrogens (tertiary/aromatic N) is 4. The first kappa shape index (κ1) is 19.3. The summed E-state index contributed by atoms with van der Waals surface area (Å²) in [4.78, 5) is 22.2. The van der Waals surface area contributed by atoms with Crippen LogP contribution in [0.15, 0.2) is 54.9 Å². The Morgan fingerprint density at radius 1 is 1.00 bits per heavy atom. The minimum atomic E-state index is 0.121. The van der Waals surface area contributed by atoms with Gasteiger partial charge in [0.05, 0.1) is 11.0 Å². The second-order valence-corrected chi connectivity index (χ2v) is 8.80. The van der Waals surface area contributed by atoms with Crippen LogP contribution in [0.4, 0.5) is 0 Å². The molecule has 0 bridgehead atoms. The van der Waals surface area contributed by atoms with Crippen molar-refractivity contribution in [1.29, 1.82) is 0 Å². The van der Waals surface area contributed by atoms with E-state index in [1.165, 1.54) is 38.6 Å². The number of fused-ring (bicyclic) bond motifs is 1. The van der Waals surface area contributed by atoms with Gasteiger partial charge < -0.3 is 4.90 Å². The molecule has 1 amide bonds. The second-order valence-electron chi connectivity index (χ2n) is 8.80. The molecule has 1 unspecified atom stereocenters. The first-order chi connectivity index (χ1) is 14.7. The van der Waals surface area contributed by atoms with Gasteiger partial charge in [-0.05, 0) is 68.6 Å². The van der Waals surface area contributed by atoms with E-state index < -0.39 is 0 Å². The summed E-state index contributed by atoms with van der Waals surface area (Å²) >= 11 is 0. The van der Waals surface area contributed by atoms with Crippen molar-refractivity contribution in [3.63, 3.8) is 0 Å². The van der Waals surface area contributed by atoms with Crippen LogP contribution in [0.25, 0.3) is 16.7 Å². The molecular weight excluding hydrogens is 372 g/mol. The van der Waals surface area contributed by atoms with Gasteiger partial charge in [-0.25, -0.2) is 4.98 Å². The highest BCUT2D eigenvalue weighted by Gasteiger charge is 2.31. The van der Waals surface area contributed by atoms with Gasteiger partial charge in [0, 0.05) is 36.9 Å². The zero-order chi connectivity index (χ0) is 20.5. The molecule has 2 fully saturated rings. The number of carbonyl (C=O) groups excluding carboxylic acids is 1. The van der Waals surface area contributed by atoms with Gasteiger partial charge in [0.15, 0.2) is 0 Å². The molecule has 1 atom stereocenters. The van der Waals surface area contributed by atoms with Crippen LogP contribution < -0.4 is 0 Å². The van der Waals surface area contributed by atoms with E-state index in [1.807, 2.05) is 60.7 Å². The summed E-state index contributed by atoms with van der Waals surface area (Å²) in [5, 5.41) is 0. The number of likely N-dealkylation sites (tertiary alicyclic amines) is 1. The quantitative estimate of drug-likeness (QED) is 0.645. The molecule has 0 spiro atoms. The fourth-order valence-electron chi connectivity index (χ4n) is 5.20. The van der Waals surface area contributed by atoms with Crippen LogP contribution in [0.1, 0.15) is 48.9 Å². The Labute approximate surface area is 178 Å².